The largest absolute Gasteiger partial charge is 0.748 e. The summed E-state index contributed by atoms with van der Waals surface area (Å²) in [5.41, 5.74) is 10.0. The highest BCUT2D eigenvalue weighted by atomic mass is 32.2. The van der Waals surface area contributed by atoms with Gasteiger partial charge in [-0.2, -0.15) is 21.3 Å². The number of nitrogens with zero attached hydrogens (tertiary/aromatic N) is 4. The summed E-state index contributed by atoms with van der Waals surface area (Å²) in [4.78, 5) is 80.2. The molecule has 73 heavy (non-hydrogen) atoms. The summed E-state index contributed by atoms with van der Waals surface area (Å²) in [6, 6.07) is 23.6. The fraction of sp³-hybridized carbons (Fsp3) is 0.300. The average molecular weight is 1040 g/mol. The van der Waals surface area contributed by atoms with Crippen LogP contribution < -0.4 is 41.9 Å². The molecule has 4 aromatic carbocycles. The highest BCUT2D eigenvalue weighted by molar-refractivity contribution is 7.98. The van der Waals surface area contributed by atoms with Crippen LogP contribution in [0.25, 0.3) is 33.0 Å². The number of hydrogen-bond acceptors (Lipinski definition) is 17. The van der Waals surface area contributed by atoms with Gasteiger partial charge in [0.05, 0.1) is 71.3 Å². The zero-order chi connectivity index (χ0) is 52.1. The number of benzene rings is 4. The van der Waals surface area contributed by atoms with Crippen molar-refractivity contribution in [3.05, 3.63) is 135 Å². The number of pyridine rings is 1. The molecule has 7 N–H and O–H groups in total. The Morgan fingerprint density at radius 1 is 0.836 bits per heavy atom. The van der Waals surface area contributed by atoms with Crippen molar-refractivity contribution >= 4 is 90.2 Å². The summed E-state index contributed by atoms with van der Waals surface area (Å²) in [5.74, 6) is -1.63. The minimum Gasteiger partial charge on any atom is -0.748 e. The third-order valence-electron chi connectivity index (χ3n) is 11.3. The third kappa shape index (κ3) is 14.1. The molecule has 382 valence electrons. The quantitative estimate of drug-likeness (QED) is 0.0126. The number of thioether (sulfide) groups is 1. The van der Waals surface area contributed by atoms with Gasteiger partial charge in [-0.25, -0.2) is 23.2 Å². The molecular formula is C50H54N10O11S2. The molecule has 1 unspecified atom stereocenters. The summed E-state index contributed by atoms with van der Waals surface area (Å²) in [7, 11) is -4.40. The molecule has 0 bridgehead atoms. The number of esters is 1. The monoisotopic (exact) mass is 1030 g/mol. The van der Waals surface area contributed by atoms with Crippen molar-refractivity contribution in [2.24, 2.45) is 0 Å². The molecule has 7 rings (SSSR count). The van der Waals surface area contributed by atoms with E-state index in [1.54, 1.807) is 74.5 Å². The van der Waals surface area contributed by atoms with Crippen LogP contribution in [0, 0.1) is 13.8 Å². The number of amides is 3. The fourth-order valence-electron chi connectivity index (χ4n) is 7.97. The number of ether oxygens (including phenoxy) is 3. The number of nitrogens with one attached hydrogen (secondary N) is 5. The molecule has 3 heterocycles. The van der Waals surface area contributed by atoms with Gasteiger partial charge in [-0.15, -0.1) is 0 Å². The number of nitrogens with two attached hydrogens (primary N) is 1. The first kappa shape index (κ1) is 53.2. The van der Waals surface area contributed by atoms with Crippen LogP contribution in [0.15, 0.2) is 95.9 Å². The van der Waals surface area contributed by atoms with Gasteiger partial charge in [0.1, 0.15) is 11.8 Å². The van der Waals surface area contributed by atoms with Crippen LogP contribution >= 0.6 is 11.8 Å². The number of H-pyrrole nitrogens is 1. The van der Waals surface area contributed by atoms with Crippen LogP contribution in [0.2, 0.25) is 0 Å². The third-order valence-corrected chi connectivity index (χ3v) is 12.8. The van der Waals surface area contributed by atoms with Crippen LogP contribution in [0.1, 0.15) is 54.3 Å². The lowest BCUT2D eigenvalue weighted by molar-refractivity contribution is -0.645. The molecule has 3 aromatic heterocycles. The van der Waals surface area contributed by atoms with Gasteiger partial charge in [0.25, 0.3) is 17.4 Å². The van der Waals surface area contributed by atoms with E-state index in [0.717, 1.165) is 0 Å². The highest BCUT2D eigenvalue weighted by Gasteiger charge is 2.27. The molecule has 1 atom stereocenters. The molecule has 0 aliphatic carbocycles. The Balaban J connectivity index is 0.804. The Labute approximate surface area is 423 Å². The number of carbonyl (C=O) groups is 4. The van der Waals surface area contributed by atoms with Crippen LogP contribution in [-0.4, -0.2) is 120 Å². The molecule has 0 saturated heterocycles. The van der Waals surface area contributed by atoms with Crippen molar-refractivity contribution in [3.8, 4) is 5.75 Å². The lowest BCUT2D eigenvalue weighted by Gasteiger charge is -2.18. The fourth-order valence-corrected chi connectivity index (χ4v) is 9.02. The van der Waals surface area contributed by atoms with E-state index < -0.39 is 39.3 Å². The van der Waals surface area contributed by atoms with Crippen LogP contribution in [-0.2, 0) is 37.5 Å². The zero-order valence-corrected chi connectivity index (χ0v) is 41.8. The number of rotatable bonds is 24. The average Bonchev–Trinajstić information content (AvgIpc) is 3.36. The molecule has 23 heteroatoms. The van der Waals surface area contributed by atoms with Gasteiger partial charge in [-0.3, -0.25) is 24.2 Å². The maximum atomic E-state index is 14.1. The second-order valence-corrected chi connectivity index (χ2v) is 19.1. The van der Waals surface area contributed by atoms with Gasteiger partial charge < -0.3 is 45.8 Å². The van der Waals surface area contributed by atoms with Crippen molar-refractivity contribution in [2.75, 3.05) is 68.3 Å². The van der Waals surface area contributed by atoms with Gasteiger partial charge in [0.15, 0.2) is 17.7 Å². The van der Waals surface area contributed by atoms with Gasteiger partial charge >= 0.3 is 5.97 Å². The van der Waals surface area contributed by atoms with Gasteiger partial charge in [0, 0.05) is 60.0 Å². The van der Waals surface area contributed by atoms with E-state index in [-0.39, 0.29) is 88.0 Å². The number of carbonyl (C=O) groups excluding carboxylic acids is 4. The Morgan fingerprint density at radius 2 is 1.47 bits per heavy atom. The molecule has 3 amide bonds. The van der Waals surface area contributed by atoms with E-state index in [4.69, 9.17) is 19.9 Å². The molecule has 0 aliphatic rings. The molecule has 0 spiro atoms. The van der Waals surface area contributed by atoms with Crippen molar-refractivity contribution in [2.45, 2.75) is 39.4 Å². The number of aromatic amines is 1. The van der Waals surface area contributed by atoms with Crippen LogP contribution in [0.4, 0.5) is 11.6 Å². The maximum absolute atomic E-state index is 14.1. The van der Waals surface area contributed by atoms with Gasteiger partial charge in [0.2, 0.25) is 22.9 Å². The molecular weight excluding hydrogens is 981 g/mol. The number of fused-ring (bicyclic) bond motifs is 3. The Hall–Kier alpha value is -7.57. The minimum atomic E-state index is -4.40. The molecule has 0 radical (unpaired) electrons. The Morgan fingerprint density at radius 3 is 2.10 bits per heavy atom. The number of aromatic nitrogens is 5. The Kier molecular flexibility index (Phi) is 18.0. The molecule has 21 nitrogen and oxygen atoms in total. The first-order valence-corrected chi connectivity index (χ1v) is 26.0. The second kappa shape index (κ2) is 24.7. The van der Waals surface area contributed by atoms with Crippen molar-refractivity contribution < 1.29 is 50.9 Å². The van der Waals surface area contributed by atoms with E-state index in [0.29, 0.717) is 72.5 Å². The highest BCUT2D eigenvalue weighted by Crippen LogP contribution is 2.30. The number of hydrogen-bond donors (Lipinski definition) is 6. The van der Waals surface area contributed by atoms with Gasteiger partial charge in [-0.1, -0.05) is 24.3 Å². The summed E-state index contributed by atoms with van der Waals surface area (Å²) in [6.07, 6.45) is 3.42. The SMILES string of the molecule is CSCC(NC(=O)c1ccc(NCc2cnc3nc(N)[nH]c(=O)c3n2)cc1)C(=O)NCCOCCOCCNC(=O)c1cc(C)c(OC(=O)c2c3ccccc3[n+](CCCS(=O)(=O)[O-])c3ccccc23)c(C)c1. The maximum Gasteiger partial charge on any atom is 0.345 e. The van der Waals surface area contributed by atoms with Crippen LogP contribution in [0.5, 0.6) is 5.75 Å². The minimum absolute atomic E-state index is 0.0479. The van der Waals surface area contributed by atoms with E-state index in [1.807, 2.05) is 35.1 Å². The predicted molar refractivity (Wildman–Crippen MR) is 274 cm³/mol. The van der Waals surface area contributed by atoms with Crippen molar-refractivity contribution in [1.82, 2.24) is 35.9 Å². The number of nitrogen functional groups attached to an aromatic ring is 1. The molecule has 0 saturated carbocycles. The second-order valence-electron chi connectivity index (χ2n) is 16.7. The summed E-state index contributed by atoms with van der Waals surface area (Å²) < 4.78 is 53.2. The standard InChI is InChI=1S/C50H54N10O11S2/c1-30-25-33(26-31(2)43(30)71-49(65)41-36-9-4-6-11-39(36)60(19-8-24-73(66,67)68)40-12-7-5-10-37(40)41)45(61)52-17-20-69-22-23-70-21-18-53-47(63)38(29-72-3)57-46(62)32-13-15-34(16-14-32)54-27-35-28-55-44-42(56-35)48(64)59-50(51)58-44/h4-7,9-16,25-26,28,38H,8,17-24,27,29H2,1-3H3,(H7-,51,52,53,54,55,57,58,59,61,62,63,64,66,67,68). The van der Waals surface area contributed by atoms with E-state index in [9.17, 15) is 36.9 Å². The molecule has 7 aromatic rings. The summed E-state index contributed by atoms with van der Waals surface area (Å²) in [5, 5.41) is 12.8. The van der Waals surface area contributed by atoms with E-state index >= 15 is 0 Å². The lowest BCUT2D eigenvalue weighted by Crippen LogP contribution is -2.49. The lowest BCUT2D eigenvalue weighted by atomic mass is 10.0. The normalized spacial score (nSPS) is 11.9. The molecule has 0 aliphatic heterocycles. The zero-order valence-electron chi connectivity index (χ0n) is 40.2. The number of para-hydroxylation sites is 2. The topological polar surface area (TPSA) is 303 Å². The first-order valence-electron chi connectivity index (χ1n) is 23.1. The van der Waals surface area contributed by atoms with Crippen molar-refractivity contribution in [3.63, 3.8) is 0 Å². The Bertz CT molecular complexity index is 3260. The number of anilines is 2. The predicted octanol–water partition coefficient (Wildman–Crippen LogP) is 3.31. The number of aryl methyl sites for hydroxylation is 3. The van der Waals surface area contributed by atoms with Crippen LogP contribution in [0.3, 0.4) is 0 Å². The summed E-state index contributed by atoms with van der Waals surface area (Å²) in [6.45, 7) is 5.30. The van der Waals surface area contributed by atoms with E-state index in [1.165, 1.54) is 18.0 Å². The molecule has 0 fully saturated rings. The smallest absolute Gasteiger partial charge is 0.345 e. The van der Waals surface area contributed by atoms with E-state index in [2.05, 4.69) is 41.2 Å². The van der Waals surface area contributed by atoms with Gasteiger partial charge in [-0.05, 0) is 79.8 Å². The summed E-state index contributed by atoms with van der Waals surface area (Å²) >= 11 is 1.41. The first-order chi connectivity index (χ1) is 35.1. The van der Waals surface area contributed by atoms with Crippen molar-refractivity contribution in [1.29, 1.82) is 0 Å².